The predicted molar refractivity (Wildman–Crippen MR) is 112 cm³/mol. The van der Waals surface area contributed by atoms with Crippen LogP contribution >= 0.6 is 0 Å². The molecule has 1 saturated carbocycles. The van der Waals surface area contributed by atoms with Crippen LogP contribution in [0.3, 0.4) is 0 Å². The van der Waals surface area contributed by atoms with Gasteiger partial charge in [-0.2, -0.15) is 18.4 Å². The molecule has 32 heavy (non-hydrogen) atoms. The fraction of sp³-hybridized carbons (Fsp3) is 0.522. The molecule has 1 atom stereocenters. The monoisotopic (exact) mass is 445 g/mol. The number of likely N-dealkylation sites (tertiary alicyclic amines) is 1. The molecule has 2 fully saturated rings. The van der Waals surface area contributed by atoms with Gasteiger partial charge in [0.15, 0.2) is 0 Å². The van der Waals surface area contributed by atoms with E-state index in [0.29, 0.717) is 30.9 Å². The molecular formula is C23H26F3N5O. The van der Waals surface area contributed by atoms with Gasteiger partial charge in [0.1, 0.15) is 11.4 Å². The molecule has 1 aromatic carbocycles. The first-order valence-electron chi connectivity index (χ1n) is 11.0. The largest absolute Gasteiger partial charge is 0.417 e. The van der Waals surface area contributed by atoms with Crippen molar-refractivity contribution in [3.8, 4) is 17.3 Å². The Balaban J connectivity index is 1.48. The molecule has 170 valence electrons. The molecule has 2 N–H and O–H groups in total. The van der Waals surface area contributed by atoms with Gasteiger partial charge in [-0.15, -0.1) is 0 Å². The minimum absolute atomic E-state index is 0.0503. The van der Waals surface area contributed by atoms with E-state index in [9.17, 15) is 23.2 Å². The standard InChI is InChI=1S/C23H26F3N5O/c24-23(25,26)17-8-3-2-7-16(17)18-13-28-21(29-18)19-9-6-12-31(19)14-20(32)30-22(15-27)10-4-1-5-11-22/h2-3,7-8,13,19H,1,4-6,9-12,14H2,(H,28,29)(H,30,32)/t19-/m1/s1. The number of nitriles is 1. The van der Waals surface area contributed by atoms with Crippen LogP contribution in [-0.4, -0.2) is 39.4 Å². The van der Waals surface area contributed by atoms with Gasteiger partial charge in [0, 0.05) is 5.56 Å². The molecule has 1 amide bonds. The number of nitrogens with one attached hydrogen (secondary N) is 2. The van der Waals surface area contributed by atoms with Gasteiger partial charge in [-0.3, -0.25) is 9.69 Å². The van der Waals surface area contributed by atoms with Gasteiger partial charge in [0.25, 0.3) is 0 Å². The summed E-state index contributed by atoms with van der Waals surface area (Å²) in [6.45, 7) is 0.816. The highest BCUT2D eigenvalue weighted by molar-refractivity contribution is 5.79. The van der Waals surface area contributed by atoms with Crippen LogP contribution in [0.4, 0.5) is 13.2 Å². The number of hydrogen-bond acceptors (Lipinski definition) is 4. The fourth-order valence-electron chi connectivity index (χ4n) is 4.84. The summed E-state index contributed by atoms with van der Waals surface area (Å²) in [4.78, 5) is 22.1. The number of hydrogen-bond donors (Lipinski definition) is 2. The first kappa shape index (κ1) is 22.3. The SMILES string of the molecule is N#CC1(NC(=O)CN2CCC[C@@H]2c2ncc(-c3ccccc3C(F)(F)F)[nH]2)CCCCC1. The lowest BCUT2D eigenvalue weighted by molar-refractivity contribution is -0.137. The highest BCUT2D eigenvalue weighted by Crippen LogP contribution is 2.37. The zero-order chi connectivity index (χ0) is 22.8. The van der Waals surface area contributed by atoms with E-state index in [2.05, 4.69) is 21.4 Å². The number of alkyl halides is 3. The van der Waals surface area contributed by atoms with E-state index in [0.717, 1.165) is 38.2 Å². The third kappa shape index (κ3) is 4.65. The molecule has 6 nitrogen and oxygen atoms in total. The summed E-state index contributed by atoms with van der Waals surface area (Å²) >= 11 is 0. The van der Waals surface area contributed by atoms with Crippen LogP contribution in [-0.2, 0) is 11.0 Å². The lowest BCUT2D eigenvalue weighted by Gasteiger charge is -2.32. The highest BCUT2D eigenvalue weighted by atomic mass is 19.4. The molecule has 0 bridgehead atoms. The Morgan fingerprint density at radius 1 is 1.25 bits per heavy atom. The number of benzene rings is 1. The van der Waals surface area contributed by atoms with Crippen molar-refractivity contribution in [1.82, 2.24) is 20.2 Å². The van der Waals surface area contributed by atoms with E-state index in [-0.39, 0.29) is 24.1 Å². The van der Waals surface area contributed by atoms with Crippen LogP contribution < -0.4 is 5.32 Å². The molecule has 1 aliphatic heterocycles. The normalized spacial score (nSPS) is 21.2. The third-order valence-corrected chi connectivity index (χ3v) is 6.44. The number of H-pyrrole nitrogens is 1. The maximum atomic E-state index is 13.4. The molecule has 0 unspecified atom stereocenters. The number of carbonyl (C=O) groups excluding carboxylic acids is 1. The van der Waals surface area contributed by atoms with Crippen molar-refractivity contribution in [2.45, 2.75) is 62.7 Å². The molecule has 2 aromatic rings. The van der Waals surface area contributed by atoms with Gasteiger partial charge in [-0.25, -0.2) is 4.98 Å². The summed E-state index contributed by atoms with van der Waals surface area (Å²) in [5.74, 6) is 0.351. The van der Waals surface area contributed by atoms with Crippen molar-refractivity contribution in [2.75, 3.05) is 13.1 Å². The van der Waals surface area contributed by atoms with E-state index in [1.165, 1.54) is 18.3 Å². The Hall–Kier alpha value is -2.86. The van der Waals surface area contributed by atoms with Crippen LogP contribution in [0.1, 0.15) is 62.4 Å². The second-order valence-electron chi connectivity index (χ2n) is 8.66. The van der Waals surface area contributed by atoms with E-state index < -0.39 is 17.3 Å². The van der Waals surface area contributed by atoms with Crippen LogP contribution in [0.2, 0.25) is 0 Å². The quantitative estimate of drug-likeness (QED) is 0.706. The Kier molecular flexibility index (Phi) is 6.24. The highest BCUT2D eigenvalue weighted by Gasteiger charge is 2.37. The smallest absolute Gasteiger partial charge is 0.341 e. The number of carbonyl (C=O) groups is 1. The number of halogens is 3. The Morgan fingerprint density at radius 3 is 2.72 bits per heavy atom. The Bertz CT molecular complexity index is 1000. The van der Waals surface area contributed by atoms with Crippen molar-refractivity contribution < 1.29 is 18.0 Å². The van der Waals surface area contributed by atoms with Crippen molar-refractivity contribution in [1.29, 1.82) is 5.26 Å². The molecule has 0 radical (unpaired) electrons. The van der Waals surface area contributed by atoms with Gasteiger partial charge in [0.05, 0.1) is 36.1 Å². The summed E-state index contributed by atoms with van der Waals surface area (Å²) < 4.78 is 40.2. The molecule has 9 heteroatoms. The van der Waals surface area contributed by atoms with Crippen LogP contribution in [0.25, 0.3) is 11.3 Å². The van der Waals surface area contributed by atoms with Gasteiger partial charge in [-0.1, -0.05) is 37.5 Å². The first-order valence-corrected chi connectivity index (χ1v) is 11.0. The van der Waals surface area contributed by atoms with Crippen molar-refractivity contribution in [3.63, 3.8) is 0 Å². The van der Waals surface area contributed by atoms with Crippen molar-refractivity contribution >= 4 is 5.91 Å². The second-order valence-corrected chi connectivity index (χ2v) is 8.66. The van der Waals surface area contributed by atoms with Gasteiger partial charge >= 0.3 is 6.18 Å². The topological polar surface area (TPSA) is 84.8 Å². The van der Waals surface area contributed by atoms with Gasteiger partial charge in [-0.05, 0) is 38.3 Å². The number of rotatable bonds is 5. The summed E-state index contributed by atoms with van der Waals surface area (Å²) in [6.07, 6.45) is 2.83. The molecule has 1 saturated heterocycles. The van der Waals surface area contributed by atoms with E-state index in [4.69, 9.17) is 0 Å². The lowest BCUT2D eigenvalue weighted by atomic mass is 9.83. The molecule has 1 aliphatic carbocycles. The number of nitrogens with zero attached hydrogens (tertiary/aromatic N) is 3. The minimum Gasteiger partial charge on any atom is -0.341 e. The first-order chi connectivity index (χ1) is 15.3. The molecule has 0 spiro atoms. The zero-order valence-corrected chi connectivity index (χ0v) is 17.7. The number of aromatic amines is 1. The Labute approximate surface area is 184 Å². The molecular weight excluding hydrogens is 419 g/mol. The predicted octanol–water partition coefficient (Wildman–Crippen LogP) is 4.58. The van der Waals surface area contributed by atoms with E-state index in [1.807, 2.05) is 4.90 Å². The Morgan fingerprint density at radius 2 is 2.00 bits per heavy atom. The number of amides is 1. The molecule has 2 heterocycles. The average molecular weight is 445 g/mol. The van der Waals surface area contributed by atoms with Crippen LogP contribution in [0, 0.1) is 11.3 Å². The number of aromatic nitrogens is 2. The summed E-state index contributed by atoms with van der Waals surface area (Å²) in [5, 5.41) is 12.5. The summed E-state index contributed by atoms with van der Waals surface area (Å²) in [5.41, 5.74) is -1.15. The fourth-order valence-corrected chi connectivity index (χ4v) is 4.84. The summed E-state index contributed by atoms with van der Waals surface area (Å²) in [7, 11) is 0. The van der Waals surface area contributed by atoms with Crippen LogP contribution in [0.15, 0.2) is 30.5 Å². The number of imidazole rings is 1. The van der Waals surface area contributed by atoms with Crippen molar-refractivity contribution in [3.05, 3.63) is 41.9 Å². The van der Waals surface area contributed by atoms with Crippen molar-refractivity contribution in [2.24, 2.45) is 0 Å². The maximum Gasteiger partial charge on any atom is 0.417 e. The minimum atomic E-state index is -4.46. The molecule has 4 rings (SSSR count). The second kappa shape index (κ2) is 8.94. The van der Waals surface area contributed by atoms with E-state index in [1.54, 1.807) is 6.07 Å². The van der Waals surface area contributed by atoms with Crippen LogP contribution in [0.5, 0.6) is 0 Å². The zero-order valence-electron chi connectivity index (χ0n) is 17.7. The third-order valence-electron chi connectivity index (χ3n) is 6.44. The van der Waals surface area contributed by atoms with Gasteiger partial charge in [0.2, 0.25) is 5.91 Å². The lowest BCUT2D eigenvalue weighted by Crippen LogP contribution is -2.51. The maximum absolute atomic E-state index is 13.4. The molecule has 1 aromatic heterocycles. The van der Waals surface area contributed by atoms with E-state index >= 15 is 0 Å². The average Bonchev–Trinajstić information content (AvgIpc) is 3.43. The molecule has 2 aliphatic rings. The summed E-state index contributed by atoms with van der Waals surface area (Å²) in [6, 6.07) is 7.51. The van der Waals surface area contributed by atoms with Gasteiger partial charge < -0.3 is 10.3 Å².